The van der Waals surface area contributed by atoms with E-state index in [0.717, 1.165) is 17.8 Å². The fourth-order valence-corrected chi connectivity index (χ4v) is 4.48. The molecule has 2 aliphatic rings. The summed E-state index contributed by atoms with van der Waals surface area (Å²) in [6, 6.07) is -2.65. The van der Waals surface area contributed by atoms with Crippen molar-refractivity contribution in [1.82, 2.24) is 29.7 Å². The van der Waals surface area contributed by atoms with Crippen molar-refractivity contribution in [3.8, 4) is 0 Å². The molecule has 14 heteroatoms. The lowest BCUT2D eigenvalue weighted by molar-refractivity contribution is -0.148. The topological polar surface area (TPSA) is 230 Å². The number of amides is 3. The number of aliphatic carboxylic acids is 1. The zero-order valence-corrected chi connectivity index (χ0v) is 19.9. The van der Waals surface area contributed by atoms with Crippen molar-refractivity contribution in [3.63, 3.8) is 0 Å². The van der Waals surface area contributed by atoms with Gasteiger partial charge in [-0.05, 0) is 25.7 Å². The molecular weight excluding hydrogens is 470 g/mol. The Kier molecular flexibility index (Phi) is 9.13. The van der Waals surface area contributed by atoms with Gasteiger partial charge in [-0.3, -0.25) is 14.4 Å². The highest BCUT2D eigenvalue weighted by atomic mass is 16.4. The van der Waals surface area contributed by atoms with E-state index < -0.39 is 36.0 Å². The van der Waals surface area contributed by atoms with Gasteiger partial charge in [-0.25, -0.2) is 14.8 Å². The van der Waals surface area contributed by atoms with Gasteiger partial charge in [0.1, 0.15) is 12.1 Å². The first kappa shape index (κ1) is 26.8. The third-order valence-electron chi connectivity index (χ3n) is 6.31. The average molecular weight is 504 g/mol. The fraction of sp³-hybridized carbons (Fsp3) is 0.545. The number of nitrogens with two attached hydrogens (primary N) is 3. The molecule has 0 aromatic carbocycles. The van der Waals surface area contributed by atoms with Crippen LogP contribution in [0.2, 0.25) is 0 Å². The molecule has 2 fully saturated rings. The second kappa shape index (κ2) is 12.3. The molecule has 2 aromatic rings. The van der Waals surface area contributed by atoms with Gasteiger partial charge in [-0.1, -0.05) is 0 Å². The van der Waals surface area contributed by atoms with Crippen molar-refractivity contribution in [1.29, 1.82) is 0 Å². The zero-order valence-electron chi connectivity index (χ0n) is 19.9. The molecule has 0 spiro atoms. The number of carboxylic acids is 1. The third kappa shape index (κ3) is 6.66. The van der Waals surface area contributed by atoms with E-state index in [1.807, 2.05) is 0 Å². The van der Waals surface area contributed by atoms with E-state index in [-0.39, 0.29) is 11.8 Å². The lowest BCUT2D eigenvalue weighted by Gasteiger charge is -2.25. The van der Waals surface area contributed by atoms with Crippen LogP contribution in [0.25, 0.3) is 0 Å². The summed E-state index contributed by atoms with van der Waals surface area (Å²) >= 11 is 0. The van der Waals surface area contributed by atoms with Crippen molar-refractivity contribution in [2.24, 2.45) is 17.2 Å². The molecule has 196 valence electrons. The summed E-state index contributed by atoms with van der Waals surface area (Å²) in [6.07, 6.45) is 9.61. The Morgan fingerprint density at radius 1 is 0.889 bits per heavy atom. The standard InChI is InChI=1S/C11H17N5O2.C11H16N4O3/c12-8(4-7-5-14-6-15-7)11(18)16-3-1-2-9(16)10(13)17;12-8(4-7-5-13-6-14-7)10(16)15-3-1-2-9(15)11(17)18/h5-6,8-9H,1-4,12H2,(H2,13,17)(H,14,15);5-6,8-9H,1-4,12H2,(H,13,14)(H,17,18). The summed E-state index contributed by atoms with van der Waals surface area (Å²) in [4.78, 5) is 62.8. The molecule has 2 saturated heterocycles. The van der Waals surface area contributed by atoms with Crippen LogP contribution in [-0.4, -0.2) is 95.8 Å². The summed E-state index contributed by atoms with van der Waals surface area (Å²) in [5.41, 5.74) is 18.5. The maximum absolute atomic E-state index is 12.1. The Labute approximate surface area is 207 Å². The van der Waals surface area contributed by atoms with E-state index in [9.17, 15) is 19.2 Å². The summed E-state index contributed by atoms with van der Waals surface area (Å²) in [7, 11) is 0. The molecule has 4 heterocycles. The van der Waals surface area contributed by atoms with Gasteiger partial charge in [0.15, 0.2) is 0 Å². The number of carbonyl (C=O) groups excluding carboxylic acids is 3. The van der Waals surface area contributed by atoms with E-state index in [1.165, 1.54) is 22.5 Å². The molecule has 2 aliphatic heterocycles. The van der Waals surface area contributed by atoms with E-state index in [1.54, 1.807) is 12.4 Å². The minimum absolute atomic E-state index is 0.231. The minimum Gasteiger partial charge on any atom is -0.480 e. The number of carboxylic acid groups (broad SMARTS) is 1. The summed E-state index contributed by atoms with van der Waals surface area (Å²) in [5.74, 6) is -1.97. The van der Waals surface area contributed by atoms with Crippen molar-refractivity contribution in [3.05, 3.63) is 36.4 Å². The normalized spacial score (nSPS) is 20.9. The monoisotopic (exact) mass is 503 g/mol. The lowest BCUT2D eigenvalue weighted by atomic mass is 10.1. The molecule has 2 aromatic heterocycles. The Balaban J connectivity index is 0.000000201. The summed E-state index contributed by atoms with van der Waals surface area (Å²) < 4.78 is 0. The molecule has 4 atom stereocenters. The Hall–Kier alpha value is -3.78. The quantitative estimate of drug-likeness (QED) is 0.236. The molecule has 4 rings (SSSR count). The first-order chi connectivity index (χ1) is 17.2. The molecule has 36 heavy (non-hydrogen) atoms. The number of primary amides is 1. The van der Waals surface area contributed by atoms with Crippen molar-refractivity contribution in [2.45, 2.75) is 62.7 Å². The molecule has 0 radical (unpaired) electrons. The van der Waals surface area contributed by atoms with Gasteiger partial charge in [0.2, 0.25) is 17.7 Å². The molecule has 0 bridgehead atoms. The number of aromatic nitrogens is 4. The lowest BCUT2D eigenvalue weighted by Crippen LogP contribution is -2.50. The first-order valence-electron chi connectivity index (χ1n) is 11.8. The van der Waals surface area contributed by atoms with Gasteiger partial charge in [-0.15, -0.1) is 0 Å². The van der Waals surface area contributed by atoms with Crippen molar-refractivity contribution in [2.75, 3.05) is 13.1 Å². The molecule has 9 N–H and O–H groups in total. The van der Waals surface area contributed by atoms with E-state index in [4.69, 9.17) is 22.3 Å². The molecule has 14 nitrogen and oxygen atoms in total. The highest BCUT2D eigenvalue weighted by molar-refractivity contribution is 5.89. The highest BCUT2D eigenvalue weighted by Crippen LogP contribution is 2.19. The Morgan fingerprint density at radius 2 is 1.33 bits per heavy atom. The van der Waals surface area contributed by atoms with Crippen LogP contribution in [0.5, 0.6) is 0 Å². The number of nitrogens with one attached hydrogen (secondary N) is 2. The van der Waals surface area contributed by atoms with Gasteiger partial charge in [0.05, 0.1) is 24.7 Å². The second-order valence-corrected chi connectivity index (χ2v) is 8.89. The van der Waals surface area contributed by atoms with Gasteiger partial charge < -0.3 is 42.1 Å². The van der Waals surface area contributed by atoms with Crippen LogP contribution in [0.3, 0.4) is 0 Å². The predicted molar refractivity (Wildman–Crippen MR) is 127 cm³/mol. The fourth-order valence-electron chi connectivity index (χ4n) is 4.48. The SMILES string of the molecule is NC(=O)C1CCCN1C(=O)C(N)Cc1cnc[nH]1.NC(Cc1cnc[nH]1)C(=O)N1CCCC1C(=O)O. The van der Waals surface area contributed by atoms with Crippen molar-refractivity contribution >= 4 is 23.7 Å². The highest BCUT2D eigenvalue weighted by Gasteiger charge is 2.36. The Morgan fingerprint density at radius 3 is 1.72 bits per heavy atom. The van der Waals surface area contributed by atoms with E-state index >= 15 is 0 Å². The first-order valence-corrected chi connectivity index (χ1v) is 11.8. The zero-order chi connectivity index (χ0) is 26.2. The number of aromatic amines is 2. The van der Waals surface area contributed by atoms with Gasteiger partial charge in [0.25, 0.3) is 0 Å². The molecular formula is C22H33N9O5. The maximum Gasteiger partial charge on any atom is 0.326 e. The van der Waals surface area contributed by atoms with Crippen LogP contribution in [0.1, 0.15) is 37.1 Å². The van der Waals surface area contributed by atoms with Gasteiger partial charge >= 0.3 is 5.97 Å². The van der Waals surface area contributed by atoms with E-state index in [2.05, 4.69) is 19.9 Å². The smallest absolute Gasteiger partial charge is 0.326 e. The van der Waals surface area contributed by atoms with Crippen molar-refractivity contribution < 1.29 is 24.3 Å². The van der Waals surface area contributed by atoms with Gasteiger partial charge in [0, 0.05) is 49.7 Å². The predicted octanol–water partition coefficient (Wildman–Crippen LogP) is -1.89. The average Bonchev–Trinajstić information content (AvgIpc) is 3.65. The van der Waals surface area contributed by atoms with Crippen LogP contribution in [0.15, 0.2) is 25.0 Å². The molecule has 0 saturated carbocycles. The summed E-state index contributed by atoms with van der Waals surface area (Å²) in [5, 5.41) is 9.02. The minimum atomic E-state index is -0.963. The molecule has 4 unspecified atom stereocenters. The number of imidazole rings is 2. The molecule has 0 aliphatic carbocycles. The number of carbonyl (C=O) groups is 4. The molecule has 3 amide bonds. The second-order valence-electron chi connectivity index (χ2n) is 8.89. The Bertz CT molecular complexity index is 945. The van der Waals surface area contributed by atoms with Crippen LogP contribution in [0.4, 0.5) is 0 Å². The number of hydrogen-bond acceptors (Lipinski definition) is 8. The third-order valence-corrected chi connectivity index (χ3v) is 6.31. The number of H-pyrrole nitrogens is 2. The number of rotatable bonds is 8. The maximum atomic E-state index is 12.1. The number of hydrogen-bond donors (Lipinski definition) is 6. The van der Waals surface area contributed by atoms with Crippen LogP contribution in [0, 0.1) is 0 Å². The van der Waals surface area contributed by atoms with E-state index in [0.29, 0.717) is 45.2 Å². The van der Waals surface area contributed by atoms with Crippen LogP contribution in [-0.2, 0) is 32.0 Å². The van der Waals surface area contributed by atoms with Crippen LogP contribution >= 0.6 is 0 Å². The number of likely N-dealkylation sites (tertiary alicyclic amines) is 2. The largest absolute Gasteiger partial charge is 0.480 e. The van der Waals surface area contributed by atoms with Gasteiger partial charge in [-0.2, -0.15) is 0 Å². The van der Waals surface area contributed by atoms with Crippen LogP contribution < -0.4 is 17.2 Å². The summed E-state index contributed by atoms with van der Waals surface area (Å²) in [6.45, 7) is 1.01. The number of nitrogens with zero attached hydrogens (tertiary/aromatic N) is 4.